The first-order valence-corrected chi connectivity index (χ1v) is 9.83. The van der Waals surface area contributed by atoms with E-state index in [1.807, 2.05) is 12.1 Å². The number of rotatable bonds is 6. The number of carbonyl (C=O) groups excluding carboxylic acids is 2. The molecule has 0 saturated carbocycles. The molecule has 1 aromatic rings. The van der Waals surface area contributed by atoms with Crippen LogP contribution >= 0.6 is 11.6 Å². The van der Waals surface area contributed by atoms with Gasteiger partial charge in [0.2, 0.25) is 5.91 Å². The Morgan fingerprint density at radius 2 is 1.88 bits per heavy atom. The SMILES string of the molecule is CC(C)CNC(=O)c1cc(NC(=O)[C@H](C)Cl)ccc1N1CCC(C)CC1. The van der Waals surface area contributed by atoms with Gasteiger partial charge in [-0.05, 0) is 49.8 Å². The average molecular weight is 380 g/mol. The Morgan fingerprint density at radius 1 is 1.23 bits per heavy atom. The Kier molecular flexibility index (Phi) is 7.33. The number of carbonyl (C=O) groups is 2. The molecule has 6 heteroatoms. The smallest absolute Gasteiger partial charge is 0.253 e. The van der Waals surface area contributed by atoms with Crippen molar-refractivity contribution < 1.29 is 9.59 Å². The number of halogens is 1. The van der Waals surface area contributed by atoms with Crippen molar-refractivity contribution in [2.45, 2.75) is 45.9 Å². The monoisotopic (exact) mass is 379 g/mol. The lowest BCUT2D eigenvalue weighted by Gasteiger charge is -2.33. The Labute approximate surface area is 161 Å². The highest BCUT2D eigenvalue weighted by Crippen LogP contribution is 2.29. The first-order valence-electron chi connectivity index (χ1n) is 9.40. The zero-order chi connectivity index (χ0) is 19.3. The van der Waals surface area contributed by atoms with E-state index in [4.69, 9.17) is 11.6 Å². The van der Waals surface area contributed by atoms with Crippen LogP contribution in [-0.4, -0.2) is 36.8 Å². The molecule has 1 aliphatic heterocycles. The number of piperidine rings is 1. The van der Waals surface area contributed by atoms with Gasteiger partial charge >= 0.3 is 0 Å². The van der Waals surface area contributed by atoms with E-state index in [-0.39, 0.29) is 11.8 Å². The molecule has 1 fully saturated rings. The van der Waals surface area contributed by atoms with E-state index >= 15 is 0 Å². The lowest BCUT2D eigenvalue weighted by Crippen LogP contribution is -2.35. The molecule has 2 amide bonds. The molecule has 0 aromatic heterocycles. The Hall–Kier alpha value is -1.75. The van der Waals surface area contributed by atoms with Crippen molar-refractivity contribution in [1.82, 2.24) is 5.32 Å². The van der Waals surface area contributed by atoms with E-state index in [0.717, 1.165) is 31.6 Å². The fourth-order valence-electron chi connectivity index (χ4n) is 2.95. The maximum Gasteiger partial charge on any atom is 0.253 e. The summed E-state index contributed by atoms with van der Waals surface area (Å²) in [4.78, 5) is 26.9. The molecule has 26 heavy (non-hydrogen) atoms. The first-order chi connectivity index (χ1) is 12.3. The van der Waals surface area contributed by atoms with Crippen LogP contribution in [0.25, 0.3) is 0 Å². The fourth-order valence-corrected chi connectivity index (χ4v) is 3.01. The van der Waals surface area contributed by atoms with Gasteiger partial charge in [0.1, 0.15) is 5.38 Å². The number of nitrogens with zero attached hydrogens (tertiary/aromatic N) is 1. The molecule has 1 saturated heterocycles. The number of hydrogen-bond donors (Lipinski definition) is 2. The highest BCUT2D eigenvalue weighted by molar-refractivity contribution is 6.32. The van der Waals surface area contributed by atoms with Crippen molar-refractivity contribution in [3.63, 3.8) is 0 Å². The van der Waals surface area contributed by atoms with Gasteiger partial charge in [-0.3, -0.25) is 9.59 Å². The summed E-state index contributed by atoms with van der Waals surface area (Å²) in [6.07, 6.45) is 2.24. The molecule has 0 aliphatic carbocycles. The Bertz CT molecular complexity index is 638. The van der Waals surface area contributed by atoms with Crippen LogP contribution < -0.4 is 15.5 Å². The van der Waals surface area contributed by atoms with E-state index in [1.165, 1.54) is 0 Å². The minimum Gasteiger partial charge on any atom is -0.371 e. The van der Waals surface area contributed by atoms with Crippen molar-refractivity contribution in [2.24, 2.45) is 11.8 Å². The number of benzene rings is 1. The summed E-state index contributed by atoms with van der Waals surface area (Å²) in [5.74, 6) is 0.702. The van der Waals surface area contributed by atoms with E-state index in [0.29, 0.717) is 29.6 Å². The van der Waals surface area contributed by atoms with Crippen molar-refractivity contribution in [2.75, 3.05) is 29.9 Å². The quantitative estimate of drug-likeness (QED) is 0.737. The molecular weight excluding hydrogens is 350 g/mol. The second-order valence-corrected chi connectivity index (χ2v) is 8.27. The number of alkyl halides is 1. The molecule has 1 aromatic carbocycles. The summed E-state index contributed by atoms with van der Waals surface area (Å²) in [6, 6.07) is 5.51. The van der Waals surface area contributed by atoms with Crippen molar-refractivity contribution >= 4 is 34.8 Å². The van der Waals surface area contributed by atoms with E-state index in [9.17, 15) is 9.59 Å². The summed E-state index contributed by atoms with van der Waals surface area (Å²) in [5, 5.41) is 5.13. The summed E-state index contributed by atoms with van der Waals surface area (Å²) in [7, 11) is 0. The largest absolute Gasteiger partial charge is 0.371 e. The summed E-state index contributed by atoms with van der Waals surface area (Å²) < 4.78 is 0. The molecule has 0 spiro atoms. The summed E-state index contributed by atoms with van der Waals surface area (Å²) in [6.45, 7) is 10.5. The van der Waals surface area contributed by atoms with Crippen LogP contribution in [0.1, 0.15) is 50.9 Å². The van der Waals surface area contributed by atoms with Gasteiger partial charge in [0.15, 0.2) is 0 Å². The molecule has 144 valence electrons. The second kappa shape index (κ2) is 9.26. The molecule has 0 bridgehead atoms. The number of anilines is 2. The highest BCUT2D eigenvalue weighted by Gasteiger charge is 2.22. The lowest BCUT2D eigenvalue weighted by atomic mass is 9.97. The van der Waals surface area contributed by atoms with Gasteiger partial charge < -0.3 is 15.5 Å². The van der Waals surface area contributed by atoms with Crippen LogP contribution in [-0.2, 0) is 4.79 Å². The maximum atomic E-state index is 12.8. The van der Waals surface area contributed by atoms with Gasteiger partial charge in [-0.2, -0.15) is 0 Å². The predicted octanol–water partition coefficient (Wildman–Crippen LogP) is 3.87. The minimum absolute atomic E-state index is 0.109. The van der Waals surface area contributed by atoms with E-state index in [1.54, 1.807) is 13.0 Å². The third-order valence-electron chi connectivity index (χ3n) is 4.67. The zero-order valence-corrected chi connectivity index (χ0v) is 16.9. The number of hydrogen-bond acceptors (Lipinski definition) is 3. The lowest BCUT2D eigenvalue weighted by molar-refractivity contribution is -0.115. The Morgan fingerprint density at radius 3 is 2.46 bits per heavy atom. The van der Waals surface area contributed by atoms with Gasteiger partial charge in [-0.1, -0.05) is 20.8 Å². The standard InChI is InChI=1S/C20H30ClN3O2/c1-13(2)12-22-20(26)17-11-16(23-19(25)15(4)21)5-6-18(17)24-9-7-14(3)8-10-24/h5-6,11,13-15H,7-10,12H2,1-4H3,(H,22,26)(H,23,25)/t15-/m0/s1. The fraction of sp³-hybridized carbons (Fsp3) is 0.600. The molecule has 1 heterocycles. The zero-order valence-electron chi connectivity index (χ0n) is 16.1. The van der Waals surface area contributed by atoms with Gasteiger partial charge in [0.05, 0.1) is 5.56 Å². The Balaban J connectivity index is 2.27. The van der Waals surface area contributed by atoms with Crippen molar-refractivity contribution in [3.05, 3.63) is 23.8 Å². The third-order valence-corrected chi connectivity index (χ3v) is 4.86. The number of nitrogens with one attached hydrogen (secondary N) is 2. The number of amides is 2. The molecule has 2 rings (SSSR count). The molecule has 5 nitrogen and oxygen atoms in total. The topological polar surface area (TPSA) is 61.4 Å². The van der Waals surface area contributed by atoms with Gasteiger partial charge in [0.25, 0.3) is 5.91 Å². The predicted molar refractivity (Wildman–Crippen MR) is 108 cm³/mol. The highest BCUT2D eigenvalue weighted by atomic mass is 35.5. The average Bonchev–Trinajstić information content (AvgIpc) is 2.60. The summed E-state index contributed by atoms with van der Waals surface area (Å²) in [5.41, 5.74) is 2.11. The van der Waals surface area contributed by atoms with Crippen molar-refractivity contribution in [3.8, 4) is 0 Å². The maximum absolute atomic E-state index is 12.8. The van der Waals surface area contributed by atoms with Crippen LogP contribution in [0, 0.1) is 11.8 Å². The van der Waals surface area contributed by atoms with Crippen LogP contribution in [0.15, 0.2) is 18.2 Å². The molecule has 2 N–H and O–H groups in total. The molecule has 0 radical (unpaired) electrons. The molecule has 1 aliphatic rings. The van der Waals surface area contributed by atoms with Crippen LogP contribution in [0.4, 0.5) is 11.4 Å². The normalized spacial score (nSPS) is 16.5. The van der Waals surface area contributed by atoms with Crippen LogP contribution in [0.5, 0.6) is 0 Å². The first kappa shape index (κ1) is 20.6. The van der Waals surface area contributed by atoms with Crippen LogP contribution in [0.3, 0.4) is 0 Å². The third kappa shape index (κ3) is 5.63. The molecular formula is C20H30ClN3O2. The van der Waals surface area contributed by atoms with E-state index in [2.05, 4.69) is 36.3 Å². The van der Waals surface area contributed by atoms with Gasteiger partial charge in [-0.15, -0.1) is 11.6 Å². The van der Waals surface area contributed by atoms with Gasteiger partial charge in [-0.25, -0.2) is 0 Å². The van der Waals surface area contributed by atoms with Gasteiger partial charge in [0, 0.05) is 31.0 Å². The van der Waals surface area contributed by atoms with E-state index < -0.39 is 5.38 Å². The molecule has 0 unspecified atom stereocenters. The molecule has 1 atom stereocenters. The van der Waals surface area contributed by atoms with Crippen molar-refractivity contribution in [1.29, 1.82) is 0 Å². The summed E-state index contributed by atoms with van der Waals surface area (Å²) >= 11 is 5.83. The second-order valence-electron chi connectivity index (χ2n) is 7.61. The minimum atomic E-state index is -0.628. The van der Waals surface area contributed by atoms with Crippen LogP contribution in [0.2, 0.25) is 0 Å².